The number of furan rings is 1. The van der Waals surface area contributed by atoms with Gasteiger partial charge in [0.1, 0.15) is 11.8 Å². The maximum absolute atomic E-state index is 12.0. The number of nitrogens with two attached hydrogens (primary N) is 1. The van der Waals surface area contributed by atoms with Crippen molar-refractivity contribution >= 4 is 11.9 Å². The molecule has 0 bridgehead atoms. The number of hydrogen-bond acceptors (Lipinski definition) is 4. The third kappa shape index (κ3) is 3.93. The quantitative estimate of drug-likeness (QED) is 0.739. The molecule has 0 aliphatic carbocycles. The minimum absolute atomic E-state index is 0.0507. The van der Waals surface area contributed by atoms with Crippen LogP contribution in [0.1, 0.15) is 21.9 Å². The second-order valence-electron chi connectivity index (χ2n) is 4.52. The average molecular weight is 288 g/mol. The van der Waals surface area contributed by atoms with Crippen LogP contribution in [-0.4, -0.2) is 23.0 Å². The zero-order valence-corrected chi connectivity index (χ0v) is 11.3. The van der Waals surface area contributed by atoms with Gasteiger partial charge >= 0.3 is 5.97 Å². The van der Waals surface area contributed by atoms with Crippen LogP contribution < -0.4 is 11.1 Å². The van der Waals surface area contributed by atoms with E-state index in [1.807, 2.05) is 30.3 Å². The van der Waals surface area contributed by atoms with Crippen molar-refractivity contribution in [3.05, 3.63) is 59.5 Å². The molecular formula is C15H16N2O4. The summed E-state index contributed by atoms with van der Waals surface area (Å²) in [5, 5.41) is 11.7. The predicted molar refractivity (Wildman–Crippen MR) is 75.6 cm³/mol. The van der Waals surface area contributed by atoms with E-state index >= 15 is 0 Å². The van der Waals surface area contributed by atoms with Gasteiger partial charge in [0.05, 0.1) is 6.54 Å². The van der Waals surface area contributed by atoms with E-state index in [0.29, 0.717) is 5.76 Å². The van der Waals surface area contributed by atoms with E-state index < -0.39 is 17.9 Å². The fourth-order valence-corrected chi connectivity index (χ4v) is 1.89. The van der Waals surface area contributed by atoms with E-state index in [4.69, 9.17) is 10.2 Å². The molecule has 6 heteroatoms. The number of aliphatic carboxylic acids is 1. The largest absolute Gasteiger partial charge is 0.480 e. The third-order valence-electron chi connectivity index (χ3n) is 2.97. The van der Waals surface area contributed by atoms with E-state index in [1.54, 1.807) is 6.07 Å². The van der Waals surface area contributed by atoms with Crippen LogP contribution in [0.3, 0.4) is 0 Å². The Morgan fingerprint density at radius 2 is 1.90 bits per heavy atom. The molecule has 1 amide bonds. The van der Waals surface area contributed by atoms with E-state index in [1.165, 1.54) is 6.07 Å². The standard InChI is InChI=1S/C15H16N2O4/c16-9-11-6-7-13(21-11)14(18)17-12(15(19)20)8-10-4-2-1-3-5-10/h1-7,12H,8-9,16H2,(H,17,18)(H,19,20). The summed E-state index contributed by atoms with van der Waals surface area (Å²) >= 11 is 0. The molecule has 2 rings (SSSR count). The maximum Gasteiger partial charge on any atom is 0.326 e. The summed E-state index contributed by atoms with van der Waals surface area (Å²) in [6, 6.07) is 11.1. The molecule has 1 aromatic heterocycles. The smallest absolute Gasteiger partial charge is 0.326 e. The molecule has 6 nitrogen and oxygen atoms in total. The van der Waals surface area contributed by atoms with Crippen LogP contribution in [0.2, 0.25) is 0 Å². The van der Waals surface area contributed by atoms with E-state index in [-0.39, 0.29) is 18.7 Å². The summed E-state index contributed by atoms with van der Waals surface area (Å²) < 4.78 is 5.20. The Bertz CT molecular complexity index is 622. The summed E-state index contributed by atoms with van der Waals surface area (Å²) in [7, 11) is 0. The first-order chi connectivity index (χ1) is 10.1. The summed E-state index contributed by atoms with van der Waals surface area (Å²) in [6.45, 7) is 0.180. The lowest BCUT2D eigenvalue weighted by atomic mass is 10.1. The minimum Gasteiger partial charge on any atom is -0.480 e. The highest BCUT2D eigenvalue weighted by Crippen LogP contribution is 2.09. The zero-order valence-electron chi connectivity index (χ0n) is 11.3. The SMILES string of the molecule is NCc1ccc(C(=O)NC(Cc2ccccc2)C(=O)O)o1. The lowest BCUT2D eigenvalue weighted by molar-refractivity contribution is -0.139. The molecule has 2 aromatic rings. The van der Waals surface area contributed by atoms with Gasteiger partial charge in [0.25, 0.3) is 5.91 Å². The summed E-state index contributed by atoms with van der Waals surface area (Å²) in [5.74, 6) is -1.15. The number of rotatable bonds is 6. The Kier molecular flexibility index (Phi) is 4.73. The molecule has 1 heterocycles. The van der Waals surface area contributed by atoms with Crippen LogP contribution in [-0.2, 0) is 17.8 Å². The van der Waals surface area contributed by atoms with Gasteiger partial charge in [-0.2, -0.15) is 0 Å². The van der Waals surface area contributed by atoms with Crippen LogP contribution in [0.25, 0.3) is 0 Å². The van der Waals surface area contributed by atoms with Gasteiger partial charge in [-0.25, -0.2) is 4.79 Å². The average Bonchev–Trinajstić information content (AvgIpc) is 2.96. The van der Waals surface area contributed by atoms with Crippen LogP contribution >= 0.6 is 0 Å². The second kappa shape index (κ2) is 6.71. The van der Waals surface area contributed by atoms with Crippen molar-refractivity contribution in [1.82, 2.24) is 5.32 Å². The number of amides is 1. The van der Waals surface area contributed by atoms with E-state index in [0.717, 1.165) is 5.56 Å². The van der Waals surface area contributed by atoms with Crippen LogP contribution in [0, 0.1) is 0 Å². The Morgan fingerprint density at radius 1 is 1.19 bits per heavy atom. The van der Waals surface area contributed by atoms with Gasteiger partial charge in [-0.3, -0.25) is 4.79 Å². The first-order valence-corrected chi connectivity index (χ1v) is 6.46. The molecule has 1 atom stereocenters. The molecule has 0 radical (unpaired) electrons. The molecule has 0 saturated carbocycles. The molecule has 0 saturated heterocycles. The molecule has 0 fully saturated rings. The van der Waals surface area contributed by atoms with E-state index in [9.17, 15) is 14.7 Å². The monoisotopic (exact) mass is 288 g/mol. The Balaban J connectivity index is 2.05. The van der Waals surface area contributed by atoms with Gasteiger partial charge < -0.3 is 20.6 Å². The Labute approximate surface area is 121 Å². The molecular weight excluding hydrogens is 272 g/mol. The molecule has 0 spiro atoms. The molecule has 0 aliphatic rings. The summed E-state index contributed by atoms with van der Waals surface area (Å²) in [6.07, 6.45) is 0.201. The number of carbonyl (C=O) groups excluding carboxylic acids is 1. The first-order valence-electron chi connectivity index (χ1n) is 6.46. The molecule has 1 aromatic carbocycles. The van der Waals surface area contributed by atoms with Crippen molar-refractivity contribution in [1.29, 1.82) is 0 Å². The maximum atomic E-state index is 12.0. The van der Waals surface area contributed by atoms with Crippen molar-refractivity contribution < 1.29 is 19.1 Å². The van der Waals surface area contributed by atoms with Crippen LogP contribution in [0.15, 0.2) is 46.9 Å². The second-order valence-corrected chi connectivity index (χ2v) is 4.52. The summed E-state index contributed by atoms with van der Waals surface area (Å²) in [4.78, 5) is 23.2. The predicted octanol–water partition coefficient (Wildman–Crippen LogP) is 1.16. The molecule has 1 unspecified atom stereocenters. The van der Waals surface area contributed by atoms with E-state index in [2.05, 4.69) is 5.32 Å². The normalized spacial score (nSPS) is 11.9. The Hall–Kier alpha value is -2.60. The highest BCUT2D eigenvalue weighted by atomic mass is 16.4. The van der Waals surface area contributed by atoms with Gasteiger partial charge in [0, 0.05) is 6.42 Å². The van der Waals surface area contributed by atoms with Crippen molar-refractivity contribution in [2.24, 2.45) is 5.73 Å². The van der Waals surface area contributed by atoms with Gasteiger partial charge in [0.2, 0.25) is 0 Å². The fraction of sp³-hybridized carbons (Fsp3) is 0.200. The number of carbonyl (C=O) groups is 2. The van der Waals surface area contributed by atoms with Gasteiger partial charge in [-0.15, -0.1) is 0 Å². The number of carboxylic acid groups (broad SMARTS) is 1. The van der Waals surface area contributed by atoms with Crippen molar-refractivity contribution in [3.8, 4) is 0 Å². The van der Waals surface area contributed by atoms with Crippen LogP contribution in [0.4, 0.5) is 0 Å². The highest BCUT2D eigenvalue weighted by Gasteiger charge is 2.22. The van der Waals surface area contributed by atoms with Gasteiger partial charge in [-0.05, 0) is 17.7 Å². The van der Waals surface area contributed by atoms with Crippen LogP contribution in [0.5, 0.6) is 0 Å². The van der Waals surface area contributed by atoms with Crippen molar-refractivity contribution in [2.75, 3.05) is 0 Å². The third-order valence-corrected chi connectivity index (χ3v) is 2.97. The molecule has 4 N–H and O–H groups in total. The topological polar surface area (TPSA) is 106 Å². The molecule has 0 aliphatic heterocycles. The number of benzene rings is 1. The van der Waals surface area contributed by atoms with Gasteiger partial charge in [0.15, 0.2) is 5.76 Å². The van der Waals surface area contributed by atoms with Gasteiger partial charge in [-0.1, -0.05) is 30.3 Å². The minimum atomic E-state index is -1.10. The van der Waals surface area contributed by atoms with Crippen molar-refractivity contribution in [2.45, 2.75) is 19.0 Å². The molecule has 110 valence electrons. The fourth-order valence-electron chi connectivity index (χ4n) is 1.89. The lowest BCUT2D eigenvalue weighted by Crippen LogP contribution is -2.42. The number of nitrogens with one attached hydrogen (secondary N) is 1. The first kappa shape index (κ1) is 14.8. The highest BCUT2D eigenvalue weighted by molar-refractivity contribution is 5.94. The lowest BCUT2D eigenvalue weighted by Gasteiger charge is -2.13. The Morgan fingerprint density at radius 3 is 2.48 bits per heavy atom. The van der Waals surface area contributed by atoms with Crippen molar-refractivity contribution in [3.63, 3.8) is 0 Å². The number of carboxylic acids is 1. The molecule has 21 heavy (non-hydrogen) atoms. The number of hydrogen-bond donors (Lipinski definition) is 3. The summed E-state index contributed by atoms with van der Waals surface area (Å²) in [5.41, 5.74) is 6.22. The zero-order chi connectivity index (χ0) is 15.2.